The molecule has 0 unspecified atom stereocenters. The zero-order chi connectivity index (χ0) is 14.9. The zero-order valence-corrected chi connectivity index (χ0v) is 13.3. The monoisotopic (exact) mass is 298 g/mol. The molecule has 0 N–H and O–H groups in total. The summed E-state index contributed by atoms with van der Waals surface area (Å²) in [7, 11) is 0. The number of benzene rings is 1. The summed E-state index contributed by atoms with van der Waals surface area (Å²) in [6.07, 6.45) is 1.80. The number of rotatable bonds is 3. The molecule has 0 spiro atoms. The van der Waals surface area contributed by atoms with E-state index in [0.717, 1.165) is 27.4 Å². The summed E-state index contributed by atoms with van der Waals surface area (Å²) >= 11 is 1.69. The molecule has 0 aliphatic carbocycles. The van der Waals surface area contributed by atoms with Gasteiger partial charge in [0.15, 0.2) is 0 Å². The average Bonchev–Trinajstić information content (AvgIpc) is 2.94. The van der Waals surface area contributed by atoms with E-state index in [4.69, 9.17) is 4.74 Å². The van der Waals surface area contributed by atoms with Crippen molar-refractivity contribution in [1.82, 2.24) is 9.97 Å². The second-order valence-corrected chi connectivity index (χ2v) is 6.90. The number of aromatic nitrogens is 2. The second-order valence-electron chi connectivity index (χ2n) is 6.04. The molecule has 3 nitrogen and oxygen atoms in total. The van der Waals surface area contributed by atoms with Crippen molar-refractivity contribution in [1.29, 1.82) is 0 Å². The zero-order valence-electron chi connectivity index (χ0n) is 12.5. The normalized spacial score (nSPS) is 11.8. The number of thiazole rings is 1. The molecule has 2 aromatic heterocycles. The smallest absolute Gasteiger partial charge is 0.131 e. The van der Waals surface area contributed by atoms with Crippen molar-refractivity contribution in [3.05, 3.63) is 52.6 Å². The Hall–Kier alpha value is -1.94. The van der Waals surface area contributed by atoms with Crippen molar-refractivity contribution in [3.63, 3.8) is 0 Å². The van der Waals surface area contributed by atoms with Gasteiger partial charge in [0.2, 0.25) is 0 Å². The summed E-state index contributed by atoms with van der Waals surface area (Å²) < 4.78 is 5.84. The highest BCUT2D eigenvalue weighted by Gasteiger charge is 2.18. The van der Waals surface area contributed by atoms with Gasteiger partial charge in [-0.3, -0.25) is 4.98 Å². The fourth-order valence-electron chi connectivity index (χ4n) is 2.02. The Balaban J connectivity index is 1.73. The van der Waals surface area contributed by atoms with Gasteiger partial charge in [0.25, 0.3) is 0 Å². The molecule has 0 radical (unpaired) electrons. The van der Waals surface area contributed by atoms with E-state index in [0.29, 0.717) is 6.61 Å². The maximum atomic E-state index is 5.84. The minimum absolute atomic E-state index is 0.0948. The Kier molecular flexibility index (Phi) is 3.64. The van der Waals surface area contributed by atoms with Crippen LogP contribution in [0.15, 0.2) is 41.9 Å². The molecule has 108 valence electrons. The minimum Gasteiger partial charge on any atom is -0.487 e. The topological polar surface area (TPSA) is 35.0 Å². The SMILES string of the molecule is CC(C)(C)c1nc(COc2ccc3ncccc3c2)cs1. The fraction of sp³-hybridized carbons (Fsp3) is 0.294. The van der Waals surface area contributed by atoms with Crippen molar-refractivity contribution < 1.29 is 4.74 Å². The molecule has 0 amide bonds. The van der Waals surface area contributed by atoms with Gasteiger partial charge in [-0.2, -0.15) is 0 Å². The molecule has 0 atom stereocenters. The number of ether oxygens (including phenoxy) is 1. The van der Waals surface area contributed by atoms with E-state index in [1.54, 1.807) is 17.5 Å². The van der Waals surface area contributed by atoms with Gasteiger partial charge < -0.3 is 4.74 Å². The van der Waals surface area contributed by atoms with Crippen LogP contribution in [0.3, 0.4) is 0 Å². The quantitative estimate of drug-likeness (QED) is 0.710. The van der Waals surface area contributed by atoms with E-state index >= 15 is 0 Å². The summed E-state index contributed by atoms with van der Waals surface area (Å²) in [6.45, 7) is 7.02. The molecule has 0 saturated carbocycles. The lowest BCUT2D eigenvalue weighted by Gasteiger charge is -2.13. The molecule has 3 rings (SSSR count). The third-order valence-corrected chi connectivity index (χ3v) is 4.47. The lowest BCUT2D eigenvalue weighted by Crippen LogP contribution is -2.10. The Labute approximate surface area is 128 Å². The molecule has 0 aliphatic heterocycles. The molecular weight excluding hydrogens is 280 g/mol. The van der Waals surface area contributed by atoms with E-state index in [2.05, 4.69) is 36.1 Å². The lowest BCUT2D eigenvalue weighted by atomic mass is 9.98. The van der Waals surface area contributed by atoms with Crippen LogP contribution in [-0.2, 0) is 12.0 Å². The molecular formula is C17H18N2OS. The van der Waals surface area contributed by atoms with Gasteiger partial charge >= 0.3 is 0 Å². The largest absolute Gasteiger partial charge is 0.487 e. The third-order valence-electron chi connectivity index (χ3n) is 3.15. The second kappa shape index (κ2) is 5.45. The Morgan fingerprint density at radius 3 is 2.81 bits per heavy atom. The highest BCUT2D eigenvalue weighted by molar-refractivity contribution is 7.09. The van der Waals surface area contributed by atoms with Crippen LogP contribution >= 0.6 is 11.3 Å². The van der Waals surface area contributed by atoms with Gasteiger partial charge in [-0.05, 0) is 24.3 Å². The predicted molar refractivity (Wildman–Crippen MR) is 86.9 cm³/mol. The number of fused-ring (bicyclic) bond motifs is 1. The minimum atomic E-state index is 0.0948. The van der Waals surface area contributed by atoms with Gasteiger partial charge in [-0.25, -0.2) is 4.98 Å². The van der Waals surface area contributed by atoms with Crippen molar-refractivity contribution in [3.8, 4) is 5.75 Å². The van der Waals surface area contributed by atoms with Crippen LogP contribution in [0.4, 0.5) is 0 Å². The van der Waals surface area contributed by atoms with Crippen molar-refractivity contribution in [2.24, 2.45) is 0 Å². The Bertz CT molecular complexity index is 759. The number of nitrogens with zero attached hydrogens (tertiary/aromatic N) is 2. The van der Waals surface area contributed by atoms with E-state index in [1.807, 2.05) is 30.3 Å². The van der Waals surface area contributed by atoms with E-state index in [-0.39, 0.29) is 5.41 Å². The highest BCUT2D eigenvalue weighted by atomic mass is 32.1. The van der Waals surface area contributed by atoms with Crippen molar-refractivity contribution >= 4 is 22.2 Å². The molecule has 0 aliphatic rings. The van der Waals surface area contributed by atoms with Crippen LogP contribution in [0, 0.1) is 0 Å². The van der Waals surface area contributed by atoms with Crippen molar-refractivity contribution in [2.45, 2.75) is 32.8 Å². The van der Waals surface area contributed by atoms with Crippen LogP contribution in [0.1, 0.15) is 31.5 Å². The molecule has 0 saturated heterocycles. The Morgan fingerprint density at radius 1 is 1.19 bits per heavy atom. The first-order chi connectivity index (χ1) is 10.0. The molecule has 1 aromatic carbocycles. The van der Waals surface area contributed by atoms with Gasteiger partial charge in [-0.1, -0.05) is 26.8 Å². The van der Waals surface area contributed by atoms with Crippen LogP contribution in [0.2, 0.25) is 0 Å². The summed E-state index contributed by atoms with van der Waals surface area (Å²) in [5.74, 6) is 0.848. The molecule has 21 heavy (non-hydrogen) atoms. The number of pyridine rings is 1. The molecule has 2 heterocycles. The number of hydrogen-bond donors (Lipinski definition) is 0. The van der Waals surface area contributed by atoms with Crippen LogP contribution in [0.5, 0.6) is 5.75 Å². The maximum absolute atomic E-state index is 5.84. The molecule has 3 aromatic rings. The molecule has 0 fully saturated rings. The summed E-state index contributed by atoms with van der Waals surface area (Å²) in [5.41, 5.74) is 2.06. The standard InChI is InChI=1S/C17H18N2OS/c1-17(2,3)16-19-13(11-21-16)10-20-14-6-7-15-12(9-14)5-4-8-18-15/h4-9,11H,10H2,1-3H3. The first-order valence-electron chi connectivity index (χ1n) is 6.95. The van der Waals surface area contributed by atoms with Gasteiger partial charge in [-0.15, -0.1) is 11.3 Å². The van der Waals surface area contributed by atoms with Gasteiger partial charge in [0.05, 0.1) is 16.2 Å². The first-order valence-corrected chi connectivity index (χ1v) is 7.83. The summed E-state index contributed by atoms with van der Waals surface area (Å²) in [4.78, 5) is 8.94. The lowest BCUT2D eigenvalue weighted by molar-refractivity contribution is 0.302. The van der Waals surface area contributed by atoms with Gasteiger partial charge in [0.1, 0.15) is 12.4 Å². The summed E-state index contributed by atoms with van der Waals surface area (Å²) in [5, 5.41) is 4.30. The maximum Gasteiger partial charge on any atom is 0.131 e. The van der Waals surface area contributed by atoms with E-state index in [1.165, 1.54) is 0 Å². The first kappa shape index (κ1) is 14.0. The van der Waals surface area contributed by atoms with E-state index in [9.17, 15) is 0 Å². The van der Waals surface area contributed by atoms with Crippen LogP contribution < -0.4 is 4.74 Å². The molecule has 4 heteroatoms. The number of hydrogen-bond acceptors (Lipinski definition) is 4. The predicted octanol–water partition coefficient (Wildman–Crippen LogP) is 4.57. The fourth-order valence-corrected chi connectivity index (χ4v) is 2.91. The van der Waals surface area contributed by atoms with Crippen LogP contribution in [-0.4, -0.2) is 9.97 Å². The molecule has 0 bridgehead atoms. The highest BCUT2D eigenvalue weighted by Crippen LogP contribution is 2.26. The Morgan fingerprint density at radius 2 is 2.05 bits per heavy atom. The van der Waals surface area contributed by atoms with Crippen LogP contribution in [0.25, 0.3) is 10.9 Å². The van der Waals surface area contributed by atoms with E-state index < -0.39 is 0 Å². The summed E-state index contributed by atoms with van der Waals surface area (Å²) in [6, 6.07) is 9.91. The van der Waals surface area contributed by atoms with Gasteiger partial charge in [0, 0.05) is 22.4 Å². The third kappa shape index (κ3) is 3.22. The van der Waals surface area contributed by atoms with Crippen molar-refractivity contribution in [2.75, 3.05) is 0 Å². The average molecular weight is 298 g/mol.